The average molecular weight is 413 g/mol. The minimum atomic E-state index is -4.93. The fraction of sp³-hybridized carbons (Fsp3) is 0.529. The number of rotatable bonds is 5. The third kappa shape index (κ3) is 4.42. The Morgan fingerprint density at radius 1 is 1.14 bits per heavy atom. The van der Waals surface area contributed by atoms with Gasteiger partial charge < -0.3 is 24.8 Å². The van der Waals surface area contributed by atoms with Crippen LogP contribution in [0.5, 0.6) is 0 Å². The van der Waals surface area contributed by atoms with Crippen molar-refractivity contribution >= 4 is 12.0 Å². The van der Waals surface area contributed by atoms with E-state index in [9.17, 15) is 23.1 Å². The van der Waals surface area contributed by atoms with Crippen LogP contribution in [0.25, 0.3) is 0 Å². The number of hydrogen-bond acceptors (Lipinski definition) is 6. The molecule has 1 aliphatic heterocycles. The van der Waals surface area contributed by atoms with E-state index in [0.717, 1.165) is 4.57 Å². The number of alkyl halides is 3. The second-order valence-electron chi connectivity index (χ2n) is 6.72. The van der Waals surface area contributed by atoms with Gasteiger partial charge in [0.1, 0.15) is 5.82 Å². The highest BCUT2D eigenvalue weighted by molar-refractivity contribution is 5.74. The molecule has 3 heterocycles. The van der Waals surface area contributed by atoms with E-state index in [1.807, 2.05) is 4.90 Å². The minimum Gasteiger partial charge on any atom is -0.374 e. The summed E-state index contributed by atoms with van der Waals surface area (Å²) in [6.45, 7) is 1.43. The first kappa shape index (κ1) is 20.8. The molecule has 1 saturated heterocycles. The van der Waals surface area contributed by atoms with Gasteiger partial charge in [-0.2, -0.15) is 13.2 Å². The number of aliphatic hydroxyl groups is 1. The molecule has 1 unspecified atom stereocenters. The molecule has 12 heteroatoms. The van der Waals surface area contributed by atoms with Gasteiger partial charge in [-0.25, -0.2) is 19.7 Å². The highest BCUT2D eigenvalue weighted by Gasteiger charge is 2.57. The van der Waals surface area contributed by atoms with Gasteiger partial charge in [0.05, 0.1) is 0 Å². The van der Waals surface area contributed by atoms with Crippen molar-refractivity contribution in [3.63, 3.8) is 0 Å². The molecule has 2 aromatic rings. The Morgan fingerprint density at radius 3 is 2.34 bits per heavy atom. The van der Waals surface area contributed by atoms with Crippen molar-refractivity contribution < 1.29 is 23.1 Å². The number of anilines is 1. The minimum absolute atomic E-state index is 0.357. The molecule has 0 radical (unpaired) electrons. The van der Waals surface area contributed by atoms with Gasteiger partial charge in [-0.15, -0.1) is 0 Å². The van der Waals surface area contributed by atoms with Gasteiger partial charge in [0.25, 0.3) is 0 Å². The monoisotopic (exact) mass is 413 g/mol. The molecule has 2 aromatic heterocycles. The van der Waals surface area contributed by atoms with Crippen LogP contribution in [0.2, 0.25) is 0 Å². The molecule has 3 rings (SSSR count). The van der Waals surface area contributed by atoms with Gasteiger partial charge >= 0.3 is 12.2 Å². The Labute approximate surface area is 165 Å². The third-order valence-corrected chi connectivity index (χ3v) is 4.82. The summed E-state index contributed by atoms with van der Waals surface area (Å²) in [7, 11) is 1.37. The van der Waals surface area contributed by atoms with Gasteiger partial charge in [-0.1, -0.05) is 0 Å². The number of imidazole rings is 1. The van der Waals surface area contributed by atoms with Gasteiger partial charge in [0, 0.05) is 71.0 Å². The molecule has 2 N–H and O–H groups in total. The highest BCUT2D eigenvalue weighted by atomic mass is 19.4. The molecule has 2 amide bonds. The first-order valence-electron chi connectivity index (χ1n) is 9.04. The highest BCUT2D eigenvalue weighted by Crippen LogP contribution is 2.40. The maximum absolute atomic E-state index is 13.5. The van der Waals surface area contributed by atoms with E-state index < -0.39 is 30.1 Å². The van der Waals surface area contributed by atoms with Crippen molar-refractivity contribution in [2.75, 3.05) is 37.6 Å². The van der Waals surface area contributed by atoms with Crippen molar-refractivity contribution in [1.29, 1.82) is 0 Å². The lowest BCUT2D eigenvalue weighted by Gasteiger charge is -2.35. The summed E-state index contributed by atoms with van der Waals surface area (Å²) in [4.78, 5) is 27.7. The van der Waals surface area contributed by atoms with E-state index in [1.165, 1.54) is 24.3 Å². The van der Waals surface area contributed by atoms with Crippen LogP contribution in [-0.2, 0) is 12.6 Å². The number of hydrogen-bond donors (Lipinski definition) is 2. The molecule has 158 valence electrons. The lowest BCUT2D eigenvalue weighted by molar-refractivity contribution is -0.272. The van der Waals surface area contributed by atoms with E-state index in [0.29, 0.717) is 32.1 Å². The zero-order valence-corrected chi connectivity index (χ0v) is 15.8. The second kappa shape index (κ2) is 8.23. The Morgan fingerprint density at radius 2 is 1.79 bits per heavy atom. The number of halogens is 3. The summed E-state index contributed by atoms with van der Waals surface area (Å²) in [5.41, 5.74) is -3.15. The van der Waals surface area contributed by atoms with Crippen molar-refractivity contribution in [3.05, 3.63) is 36.7 Å². The number of amides is 2. The molecule has 1 fully saturated rings. The third-order valence-electron chi connectivity index (χ3n) is 4.82. The van der Waals surface area contributed by atoms with Gasteiger partial charge in [-0.05, 0) is 6.07 Å². The lowest BCUT2D eigenvalue weighted by atomic mass is 9.97. The molecule has 0 spiro atoms. The first-order chi connectivity index (χ1) is 13.7. The van der Waals surface area contributed by atoms with Crippen molar-refractivity contribution in [3.8, 4) is 0 Å². The second-order valence-corrected chi connectivity index (χ2v) is 6.72. The van der Waals surface area contributed by atoms with Gasteiger partial charge in [0.15, 0.2) is 0 Å². The normalized spacial score (nSPS) is 17.1. The molecular formula is C17H22F3N7O2. The number of aryl methyl sites for hydroxylation is 1. The first-order valence-corrected chi connectivity index (χ1v) is 9.04. The molecule has 0 aliphatic carbocycles. The quantitative estimate of drug-likeness (QED) is 0.755. The van der Waals surface area contributed by atoms with Crippen LogP contribution in [0.1, 0.15) is 12.2 Å². The number of aromatic nitrogens is 4. The SMILES string of the molecule is Cn1ccnc1C(O)(CCNC(=O)N1CCN(c2ncccn2)CC1)C(F)(F)F. The van der Waals surface area contributed by atoms with E-state index in [2.05, 4.69) is 20.3 Å². The summed E-state index contributed by atoms with van der Waals surface area (Å²) in [6, 6.07) is 1.23. The Bertz CT molecular complexity index is 822. The van der Waals surface area contributed by atoms with Crippen LogP contribution >= 0.6 is 0 Å². The number of nitrogens with one attached hydrogen (secondary N) is 1. The summed E-state index contributed by atoms with van der Waals surface area (Å²) in [6.07, 6.45) is 0.0831. The number of piperazine rings is 1. The summed E-state index contributed by atoms with van der Waals surface area (Å²) >= 11 is 0. The number of urea groups is 1. The molecule has 0 bridgehead atoms. The molecule has 9 nitrogen and oxygen atoms in total. The predicted octanol–water partition coefficient (Wildman–Crippen LogP) is 0.882. The van der Waals surface area contributed by atoms with Crippen molar-refractivity contribution in [2.45, 2.75) is 18.2 Å². The largest absolute Gasteiger partial charge is 0.424 e. The number of nitrogens with zero attached hydrogens (tertiary/aromatic N) is 6. The van der Waals surface area contributed by atoms with Crippen molar-refractivity contribution in [1.82, 2.24) is 29.7 Å². The maximum Gasteiger partial charge on any atom is 0.424 e. The molecule has 0 aromatic carbocycles. The standard InChI is InChI=1S/C17H22F3N7O2/c1-25-8-7-21-13(25)16(29,17(18,19)20)3-6-24-15(28)27-11-9-26(10-12-27)14-22-4-2-5-23-14/h2,4-5,7-8,29H,3,6,9-12H2,1H3,(H,24,28). The topological polar surface area (TPSA) is 99.4 Å². The Balaban J connectivity index is 1.53. The molecule has 0 saturated carbocycles. The number of carbonyl (C=O) groups is 1. The zero-order chi connectivity index (χ0) is 21.1. The summed E-state index contributed by atoms with van der Waals surface area (Å²) in [5, 5.41) is 12.7. The molecule has 1 aliphatic rings. The van der Waals surface area contributed by atoms with Crippen LogP contribution in [-0.4, -0.2) is 74.5 Å². The molecule has 1 atom stereocenters. The zero-order valence-electron chi connectivity index (χ0n) is 15.8. The molecular weight excluding hydrogens is 391 g/mol. The Hall–Kier alpha value is -2.89. The van der Waals surface area contributed by atoms with E-state index in [1.54, 1.807) is 18.5 Å². The summed E-state index contributed by atoms with van der Waals surface area (Å²) in [5.74, 6) is 0.0496. The van der Waals surface area contributed by atoms with Crippen LogP contribution < -0.4 is 10.2 Å². The van der Waals surface area contributed by atoms with Gasteiger partial charge in [0.2, 0.25) is 11.5 Å². The summed E-state index contributed by atoms with van der Waals surface area (Å²) < 4.78 is 41.6. The van der Waals surface area contributed by atoms with E-state index >= 15 is 0 Å². The van der Waals surface area contributed by atoms with E-state index in [4.69, 9.17) is 0 Å². The smallest absolute Gasteiger partial charge is 0.374 e. The van der Waals surface area contributed by atoms with Crippen LogP contribution in [0.4, 0.5) is 23.9 Å². The number of carbonyl (C=O) groups excluding carboxylic acids is 1. The van der Waals surface area contributed by atoms with Crippen LogP contribution in [0, 0.1) is 0 Å². The van der Waals surface area contributed by atoms with Crippen LogP contribution in [0.15, 0.2) is 30.9 Å². The van der Waals surface area contributed by atoms with Gasteiger partial charge in [-0.3, -0.25) is 0 Å². The van der Waals surface area contributed by atoms with E-state index in [-0.39, 0.29) is 6.54 Å². The lowest BCUT2D eigenvalue weighted by Crippen LogP contribution is -2.53. The fourth-order valence-electron chi connectivity index (χ4n) is 3.17. The maximum atomic E-state index is 13.5. The molecule has 29 heavy (non-hydrogen) atoms. The van der Waals surface area contributed by atoms with Crippen LogP contribution in [0.3, 0.4) is 0 Å². The fourth-order valence-corrected chi connectivity index (χ4v) is 3.17. The Kier molecular flexibility index (Phi) is 5.91. The average Bonchev–Trinajstić information content (AvgIpc) is 3.14. The van der Waals surface area contributed by atoms with Crippen molar-refractivity contribution in [2.24, 2.45) is 7.05 Å². The predicted molar refractivity (Wildman–Crippen MR) is 97.0 cm³/mol.